The lowest BCUT2D eigenvalue weighted by molar-refractivity contribution is 0.340. The van der Waals surface area contributed by atoms with Gasteiger partial charge in [-0.1, -0.05) is 28.9 Å². The van der Waals surface area contributed by atoms with Crippen LogP contribution in [0, 0.1) is 0 Å². The van der Waals surface area contributed by atoms with Gasteiger partial charge in [0, 0.05) is 11.0 Å². The Hall–Kier alpha value is -0.540. The van der Waals surface area contributed by atoms with Crippen LogP contribution in [0.5, 0.6) is 5.75 Å². The highest BCUT2D eigenvalue weighted by molar-refractivity contribution is 9.10. The Morgan fingerprint density at radius 1 is 1.33 bits per heavy atom. The lowest BCUT2D eigenvalue weighted by atomic mass is 10.2. The van der Waals surface area contributed by atoms with Gasteiger partial charge in [-0.15, -0.1) is 0 Å². The summed E-state index contributed by atoms with van der Waals surface area (Å²) in [6, 6.07) is 6.13. The Morgan fingerprint density at radius 2 is 2.13 bits per heavy atom. The van der Waals surface area contributed by atoms with Gasteiger partial charge in [-0.05, 0) is 37.6 Å². The van der Waals surface area contributed by atoms with E-state index in [1.165, 1.54) is 5.56 Å². The first-order valence-electron chi connectivity index (χ1n) is 5.39. The largest absolute Gasteiger partial charge is 0.494 e. The molecule has 15 heavy (non-hydrogen) atoms. The molecule has 1 aromatic carbocycles. The number of hydrogen-bond donors (Lipinski definition) is 1. The Bertz CT molecular complexity index is 302. The Morgan fingerprint density at radius 3 is 2.73 bits per heavy atom. The number of hydrogen-bond acceptors (Lipinski definition) is 2. The molecule has 0 atom stereocenters. The van der Waals surface area contributed by atoms with Crippen LogP contribution in [0.2, 0.25) is 0 Å². The van der Waals surface area contributed by atoms with Crippen LogP contribution in [-0.4, -0.2) is 13.2 Å². The van der Waals surface area contributed by atoms with Crippen molar-refractivity contribution < 1.29 is 4.74 Å². The quantitative estimate of drug-likeness (QED) is 0.802. The molecule has 0 unspecified atom stereocenters. The highest BCUT2D eigenvalue weighted by Crippen LogP contribution is 2.22. The number of halogens is 1. The van der Waals surface area contributed by atoms with E-state index in [1.54, 1.807) is 0 Å². The second-order valence-corrected chi connectivity index (χ2v) is 4.22. The average Bonchev–Trinajstić information content (AvgIpc) is 2.22. The van der Waals surface area contributed by atoms with Gasteiger partial charge in [-0.3, -0.25) is 0 Å². The van der Waals surface area contributed by atoms with Gasteiger partial charge >= 0.3 is 0 Å². The van der Waals surface area contributed by atoms with E-state index in [-0.39, 0.29) is 0 Å². The second kappa shape index (κ2) is 6.85. The van der Waals surface area contributed by atoms with E-state index in [9.17, 15) is 0 Å². The summed E-state index contributed by atoms with van der Waals surface area (Å²) in [6.45, 7) is 6.82. The summed E-state index contributed by atoms with van der Waals surface area (Å²) < 4.78 is 6.53. The maximum absolute atomic E-state index is 5.42. The summed E-state index contributed by atoms with van der Waals surface area (Å²) in [5, 5.41) is 3.37. The normalized spacial score (nSPS) is 10.3. The van der Waals surface area contributed by atoms with E-state index in [1.807, 2.05) is 19.1 Å². The van der Waals surface area contributed by atoms with E-state index in [0.29, 0.717) is 6.61 Å². The van der Waals surface area contributed by atoms with Gasteiger partial charge in [0.05, 0.1) is 6.61 Å². The van der Waals surface area contributed by atoms with E-state index < -0.39 is 0 Å². The fourth-order valence-electron chi connectivity index (χ4n) is 1.33. The molecule has 0 saturated carbocycles. The molecule has 3 heteroatoms. The topological polar surface area (TPSA) is 21.3 Å². The zero-order valence-electron chi connectivity index (χ0n) is 9.35. The maximum atomic E-state index is 5.42. The molecule has 84 valence electrons. The smallest absolute Gasteiger partial charge is 0.120 e. The molecule has 1 N–H and O–H groups in total. The molecule has 0 fully saturated rings. The van der Waals surface area contributed by atoms with E-state index in [2.05, 4.69) is 34.2 Å². The fraction of sp³-hybridized carbons (Fsp3) is 0.500. The minimum atomic E-state index is 0.708. The summed E-state index contributed by atoms with van der Waals surface area (Å²) >= 11 is 3.55. The molecule has 0 radical (unpaired) electrons. The van der Waals surface area contributed by atoms with E-state index >= 15 is 0 Å². The third-order valence-corrected chi connectivity index (χ3v) is 2.82. The third kappa shape index (κ3) is 4.22. The van der Waals surface area contributed by atoms with Gasteiger partial charge in [0.25, 0.3) is 0 Å². The lowest BCUT2D eigenvalue weighted by Crippen LogP contribution is -2.14. The summed E-state index contributed by atoms with van der Waals surface area (Å²) in [6.07, 6.45) is 1.16. The van der Waals surface area contributed by atoms with Gasteiger partial charge in [-0.25, -0.2) is 0 Å². The van der Waals surface area contributed by atoms with Crippen LogP contribution in [0.25, 0.3) is 0 Å². The molecule has 0 saturated heterocycles. The van der Waals surface area contributed by atoms with Gasteiger partial charge < -0.3 is 10.1 Å². The van der Waals surface area contributed by atoms with Crippen LogP contribution in [0.3, 0.4) is 0 Å². The summed E-state index contributed by atoms with van der Waals surface area (Å²) in [4.78, 5) is 0. The molecule has 0 aromatic heterocycles. The molecule has 0 aliphatic carbocycles. The number of nitrogens with one attached hydrogen (secondary N) is 1. The average molecular weight is 272 g/mol. The van der Waals surface area contributed by atoms with Crippen LogP contribution in [0.15, 0.2) is 22.7 Å². The van der Waals surface area contributed by atoms with Gasteiger partial charge in [0.2, 0.25) is 0 Å². The van der Waals surface area contributed by atoms with Crippen LogP contribution in [0.4, 0.5) is 0 Å². The second-order valence-electron chi connectivity index (χ2n) is 3.36. The summed E-state index contributed by atoms with van der Waals surface area (Å²) in [5.74, 6) is 0.920. The minimum Gasteiger partial charge on any atom is -0.494 e. The highest BCUT2D eigenvalue weighted by Gasteiger charge is 2.01. The zero-order chi connectivity index (χ0) is 11.1. The summed E-state index contributed by atoms with van der Waals surface area (Å²) in [7, 11) is 0. The number of benzene rings is 1. The van der Waals surface area contributed by atoms with Crippen molar-refractivity contribution in [2.24, 2.45) is 0 Å². The van der Waals surface area contributed by atoms with Crippen molar-refractivity contribution in [3.8, 4) is 5.75 Å². The molecule has 0 aliphatic heterocycles. The number of rotatable bonds is 6. The molecular formula is C12H18BrNO. The summed E-state index contributed by atoms with van der Waals surface area (Å²) in [5.41, 5.74) is 1.27. The Labute approximate surface area is 100 Å². The molecule has 2 nitrogen and oxygen atoms in total. The molecule has 0 heterocycles. The third-order valence-electron chi connectivity index (χ3n) is 2.08. The fourth-order valence-corrected chi connectivity index (χ4v) is 1.83. The van der Waals surface area contributed by atoms with E-state index in [4.69, 9.17) is 4.74 Å². The molecule has 0 bridgehead atoms. The maximum Gasteiger partial charge on any atom is 0.120 e. The van der Waals surface area contributed by atoms with Gasteiger partial charge in [-0.2, -0.15) is 0 Å². The van der Waals surface area contributed by atoms with Crippen LogP contribution in [-0.2, 0) is 6.54 Å². The van der Waals surface area contributed by atoms with Crippen molar-refractivity contribution >= 4 is 15.9 Å². The first-order valence-corrected chi connectivity index (χ1v) is 6.19. The molecule has 1 aromatic rings. The zero-order valence-corrected chi connectivity index (χ0v) is 10.9. The Kier molecular flexibility index (Phi) is 5.73. The molecule has 0 spiro atoms. The first kappa shape index (κ1) is 12.5. The molecule has 1 rings (SSSR count). The molecule has 0 amide bonds. The van der Waals surface area contributed by atoms with Gasteiger partial charge in [0.1, 0.15) is 5.75 Å². The van der Waals surface area contributed by atoms with Crippen LogP contribution < -0.4 is 10.1 Å². The van der Waals surface area contributed by atoms with Crippen molar-refractivity contribution in [1.29, 1.82) is 0 Å². The van der Waals surface area contributed by atoms with Crippen molar-refractivity contribution in [2.45, 2.75) is 26.8 Å². The molecule has 0 aliphatic rings. The number of ether oxygens (including phenoxy) is 1. The first-order chi connectivity index (χ1) is 7.27. The van der Waals surface area contributed by atoms with Crippen LogP contribution in [0.1, 0.15) is 25.8 Å². The van der Waals surface area contributed by atoms with Crippen molar-refractivity contribution in [1.82, 2.24) is 5.32 Å². The monoisotopic (exact) mass is 271 g/mol. The molecular weight excluding hydrogens is 254 g/mol. The van der Waals surface area contributed by atoms with Gasteiger partial charge in [0.15, 0.2) is 0 Å². The van der Waals surface area contributed by atoms with E-state index in [0.717, 1.165) is 29.7 Å². The van der Waals surface area contributed by atoms with Crippen molar-refractivity contribution in [3.63, 3.8) is 0 Å². The predicted molar refractivity (Wildman–Crippen MR) is 67.3 cm³/mol. The predicted octanol–water partition coefficient (Wildman–Crippen LogP) is 3.35. The lowest BCUT2D eigenvalue weighted by Gasteiger charge is -2.08. The van der Waals surface area contributed by atoms with Crippen molar-refractivity contribution in [2.75, 3.05) is 13.2 Å². The standard InChI is InChI=1S/C12H18BrNO/c1-3-7-14-9-10-5-6-11(15-4-2)8-12(10)13/h5-6,8,14H,3-4,7,9H2,1-2H3. The minimum absolute atomic E-state index is 0.708. The Balaban J connectivity index is 2.58. The van der Waals surface area contributed by atoms with Crippen LogP contribution >= 0.6 is 15.9 Å². The highest BCUT2D eigenvalue weighted by atomic mass is 79.9. The SMILES string of the molecule is CCCNCc1ccc(OCC)cc1Br. The van der Waals surface area contributed by atoms with Crippen molar-refractivity contribution in [3.05, 3.63) is 28.2 Å².